The third-order valence-electron chi connectivity index (χ3n) is 7.03. The van der Waals surface area contributed by atoms with E-state index >= 15 is 0 Å². The average Bonchev–Trinajstić information content (AvgIpc) is 2.95. The topological polar surface area (TPSA) is 191 Å². The summed E-state index contributed by atoms with van der Waals surface area (Å²) in [6.45, 7) is 1.87. The minimum atomic E-state index is -4.91. The Hall–Kier alpha value is -1.33. The molecule has 0 amide bonds. The summed E-state index contributed by atoms with van der Waals surface area (Å²) in [6, 6.07) is 4.72. The van der Waals surface area contributed by atoms with E-state index in [-0.39, 0.29) is 35.8 Å². The second kappa shape index (κ2) is 8.41. The maximum Gasteiger partial charge on any atom is 0.446 e. The molecule has 12 nitrogen and oxygen atoms in total. The lowest BCUT2D eigenvalue weighted by Crippen LogP contribution is -2.43. The Bertz CT molecular complexity index is 1240. The number of fused-ring (bicyclic) bond motifs is 5. The molecule has 0 saturated heterocycles. The lowest BCUT2D eigenvalue weighted by Gasteiger charge is -2.47. The molecule has 15 heteroatoms. The Balaban J connectivity index is 1.65. The van der Waals surface area contributed by atoms with Gasteiger partial charge < -0.3 is 4.18 Å². The van der Waals surface area contributed by atoms with Crippen molar-refractivity contribution in [3.8, 4) is 5.75 Å². The van der Waals surface area contributed by atoms with Gasteiger partial charge in [-0.3, -0.25) is 13.7 Å². The zero-order valence-electron chi connectivity index (χ0n) is 17.3. The van der Waals surface area contributed by atoms with Crippen molar-refractivity contribution < 1.29 is 51.5 Å². The maximum atomic E-state index is 11.5. The molecule has 3 aliphatic carbocycles. The van der Waals surface area contributed by atoms with E-state index in [2.05, 4.69) is 4.18 Å². The Morgan fingerprint density at radius 1 is 0.879 bits per heavy atom. The second-order valence-electron chi connectivity index (χ2n) is 8.92. The van der Waals surface area contributed by atoms with E-state index in [9.17, 15) is 34.4 Å². The van der Waals surface area contributed by atoms with Gasteiger partial charge >= 0.3 is 31.2 Å². The van der Waals surface area contributed by atoms with Crippen molar-refractivity contribution in [1.82, 2.24) is 0 Å². The van der Waals surface area contributed by atoms with Crippen molar-refractivity contribution in [3.05, 3.63) is 29.3 Å². The summed E-state index contributed by atoms with van der Waals surface area (Å²) in [5, 5.41) is 0. The Kier molecular flexibility index (Phi) is 6.31. The summed E-state index contributed by atoms with van der Waals surface area (Å²) in [6.07, 6.45) is -0.681. The highest BCUT2D eigenvalue weighted by molar-refractivity contribution is 7.81. The predicted octanol–water partition coefficient (Wildman–Crippen LogP) is 1.57. The number of rotatable bonds is 6. The fraction of sp³-hybridized carbons (Fsp3) is 0.667. The Morgan fingerprint density at radius 2 is 1.55 bits per heavy atom. The number of hydrogen-bond acceptors (Lipinski definition) is 9. The van der Waals surface area contributed by atoms with Crippen molar-refractivity contribution in [3.63, 3.8) is 0 Å². The first-order chi connectivity index (χ1) is 15.1. The van der Waals surface area contributed by atoms with E-state index in [1.54, 1.807) is 12.1 Å². The fourth-order valence-electron chi connectivity index (χ4n) is 6.23. The van der Waals surface area contributed by atoms with Crippen LogP contribution in [0, 0.1) is 23.7 Å². The number of aryl methyl sites for hydroxylation is 1. The van der Waals surface area contributed by atoms with E-state index < -0.39 is 49.3 Å². The van der Waals surface area contributed by atoms with E-state index in [1.165, 1.54) is 6.07 Å². The van der Waals surface area contributed by atoms with Crippen LogP contribution in [0.3, 0.4) is 0 Å². The molecule has 3 aliphatic rings. The van der Waals surface area contributed by atoms with E-state index in [1.807, 2.05) is 6.92 Å². The maximum absolute atomic E-state index is 11.5. The summed E-state index contributed by atoms with van der Waals surface area (Å²) >= 11 is 0. The summed E-state index contributed by atoms with van der Waals surface area (Å²) in [4.78, 5) is 0. The summed E-state index contributed by atoms with van der Waals surface area (Å²) in [5.74, 6) is -0.795. The second-order valence-corrected chi connectivity index (χ2v) is 12.0. The zero-order chi connectivity index (χ0) is 24.3. The third-order valence-corrected chi connectivity index (χ3v) is 8.39. The van der Waals surface area contributed by atoms with Crippen molar-refractivity contribution in [2.45, 2.75) is 50.7 Å². The van der Waals surface area contributed by atoms with Crippen molar-refractivity contribution >= 4 is 31.2 Å². The molecule has 1 aromatic carbocycles. The highest BCUT2D eigenvalue weighted by Gasteiger charge is 2.57. The van der Waals surface area contributed by atoms with Crippen LogP contribution in [0.4, 0.5) is 0 Å². The molecule has 7 atom stereocenters. The van der Waals surface area contributed by atoms with Crippen LogP contribution in [-0.2, 0) is 46.0 Å². The van der Waals surface area contributed by atoms with Gasteiger partial charge in [0.05, 0.1) is 0 Å². The van der Waals surface area contributed by atoms with Crippen molar-refractivity contribution in [2.24, 2.45) is 23.7 Å². The van der Waals surface area contributed by atoms with Gasteiger partial charge in [0.25, 0.3) is 0 Å². The zero-order valence-corrected chi connectivity index (χ0v) is 19.8. The molecule has 0 heterocycles. The average molecular weight is 529 g/mol. The minimum Gasteiger partial charge on any atom is -0.362 e. The molecule has 33 heavy (non-hydrogen) atoms. The number of hydrogen-bond donors (Lipinski definition) is 3. The summed E-state index contributed by atoms with van der Waals surface area (Å²) in [5.41, 5.74) is 1.82. The monoisotopic (exact) mass is 528 g/mol. The lowest BCUT2D eigenvalue weighted by molar-refractivity contribution is 0.00371. The molecule has 7 unspecified atom stereocenters. The minimum absolute atomic E-state index is 0.00883. The van der Waals surface area contributed by atoms with Gasteiger partial charge in [-0.15, -0.1) is 0 Å². The Morgan fingerprint density at radius 3 is 2.15 bits per heavy atom. The molecule has 0 spiro atoms. The smallest absolute Gasteiger partial charge is 0.362 e. The normalized spacial score (nSPS) is 34.2. The lowest BCUT2D eigenvalue weighted by atomic mass is 9.57. The first-order valence-electron chi connectivity index (χ1n) is 10.2. The molecule has 0 aliphatic heterocycles. The van der Waals surface area contributed by atoms with Crippen LogP contribution in [0.5, 0.6) is 5.75 Å². The van der Waals surface area contributed by atoms with Crippen LogP contribution in [0.2, 0.25) is 0 Å². The first-order valence-corrected chi connectivity index (χ1v) is 14.3. The van der Waals surface area contributed by atoms with Crippen LogP contribution < -0.4 is 4.18 Å². The van der Waals surface area contributed by atoms with Gasteiger partial charge in [-0.05, 0) is 78.5 Å². The largest absolute Gasteiger partial charge is 0.446 e. The van der Waals surface area contributed by atoms with Crippen LogP contribution in [0.15, 0.2) is 18.2 Å². The molecular weight excluding hydrogens is 504 g/mol. The van der Waals surface area contributed by atoms with Gasteiger partial charge in [0.2, 0.25) is 0 Å². The quantitative estimate of drug-likeness (QED) is 0.452. The van der Waals surface area contributed by atoms with Crippen molar-refractivity contribution in [2.75, 3.05) is 0 Å². The van der Waals surface area contributed by atoms with Gasteiger partial charge in [-0.25, -0.2) is 8.37 Å². The number of benzene rings is 1. The van der Waals surface area contributed by atoms with Gasteiger partial charge in [-0.2, -0.15) is 25.3 Å². The molecule has 0 aromatic heterocycles. The predicted molar refractivity (Wildman–Crippen MR) is 111 cm³/mol. The van der Waals surface area contributed by atoms with Crippen molar-refractivity contribution in [1.29, 1.82) is 0 Å². The molecule has 4 rings (SSSR count). The molecular formula is C18H24O12S3. The summed E-state index contributed by atoms with van der Waals surface area (Å²) < 4.78 is 109. The van der Waals surface area contributed by atoms with Gasteiger partial charge in [-0.1, -0.05) is 13.0 Å². The highest BCUT2D eigenvalue weighted by Crippen LogP contribution is 2.58. The molecule has 0 radical (unpaired) electrons. The van der Waals surface area contributed by atoms with Gasteiger partial charge in [0.1, 0.15) is 18.0 Å². The van der Waals surface area contributed by atoms with E-state index in [4.69, 9.17) is 12.9 Å². The van der Waals surface area contributed by atoms with Crippen LogP contribution in [0.1, 0.15) is 43.2 Å². The molecule has 2 saturated carbocycles. The van der Waals surface area contributed by atoms with Crippen LogP contribution >= 0.6 is 0 Å². The molecule has 3 N–H and O–H groups in total. The molecule has 1 aromatic rings. The van der Waals surface area contributed by atoms with E-state index in [0.717, 1.165) is 11.1 Å². The molecule has 0 bridgehead atoms. The van der Waals surface area contributed by atoms with E-state index in [0.29, 0.717) is 19.3 Å². The molecule has 2 fully saturated rings. The molecule has 186 valence electrons. The fourth-order valence-corrected chi connectivity index (χ4v) is 7.61. The SMILES string of the molecule is CC1CC2c3ccc(OS(=O)(=O)O)cc3CCC2C2CC(OS(=O)(=O)O)C(OS(=O)(=O)O)C12. The Labute approximate surface area is 192 Å². The third kappa shape index (κ3) is 5.51. The summed E-state index contributed by atoms with van der Waals surface area (Å²) in [7, 11) is -14.5. The van der Waals surface area contributed by atoms with Gasteiger partial charge in [0, 0.05) is 0 Å². The van der Waals surface area contributed by atoms with Crippen LogP contribution in [-0.4, -0.2) is 51.1 Å². The standard InChI is InChI=1S/C18H24O12S3/c1-9-6-14-12-5-3-11(28-31(19,20)21)7-10(12)2-4-13(14)15-8-16(29-32(22,23)24)18(17(9)15)30-33(25,26)27/h3,5,7,9,13-18H,2,4,6,8H2,1H3,(H,19,20,21)(H,22,23,24)(H,25,26,27). The highest BCUT2D eigenvalue weighted by atomic mass is 32.3. The van der Waals surface area contributed by atoms with Gasteiger partial charge in [0.15, 0.2) is 0 Å². The first kappa shape index (κ1) is 24.8. The van der Waals surface area contributed by atoms with Crippen LogP contribution in [0.25, 0.3) is 0 Å².